The summed E-state index contributed by atoms with van der Waals surface area (Å²) in [5, 5.41) is 9.92. The molecule has 2 aromatic heterocycles. The summed E-state index contributed by atoms with van der Waals surface area (Å²) in [4.78, 5) is 21.3. The molecule has 2 heterocycles. The van der Waals surface area contributed by atoms with Gasteiger partial charge in [0.05, 0.1) is 22.6 Å². The van der Waals surface area contributed by atoms with E-state index in [1.54, 1.807) is 18.3 Å². The maximum Gasteiger partial charge on any atom is 0.573 e. The molecule has 1 aliphatic carbocycles. The molecule has 10 heteroatoms. The Labute approximate surface area is 223 Å². The van der Waals surface area contributed by atoms with Crippen LogP contribution < -0.4 is 9.47 Å². The molecule has 4 aromatic rings. The third-order valence-electron chi connectivity index (χ3n) is 7.02. The van der Waals surface area contributed by atoms with Gasteiger partial charge in [-0.05, 0) is 61.2 Å². The maximum atomic E-state index is 12.6. The van der Waals surface area contributed by atoms with Crippen LogP contribution in [-0.2, 0) is 17.9 Å². The molecular formula is C29H28F3N3O4. The van der Waals surface area contributed by atoms with E-state index in [9.17, 15) is 23.1 Å². The van der Waals surface area contributed by atoms with E-state index in [-0.39, 0.29) is 18.3 Å². The van der Waals surface area contributed by atoms with Crippen LogP contribution in [0.1, 0.15) is 54.2 Å². The zero-order valence-electron chi connectivity index (χ0n) is 21.3. The van der Waals surface area contributed by atoms with E-state index in [0.29, 0.717) is 36.5 Å². The van der Waals surface area contributed by atoms with E-state index in [2.05, 4.69) is 9.72 Å². The average molecular weight is 540 g/mol. The number of halogens is 3. The van der Waals surface area contributed by atoms with Crippen molar-refractivity contribution in [2.24, 2.45) is 5.92 Å². The molecule has 0 bridgehead atoms. The lowest BCUT2D eigenvalue weighted by Crippen LogP contribution is -2.27. The number of pyridine rings is 1. The van der Waals surface area contributed by atoms with E-state index < -0.39 is 18.2 Å². The van der Waals surface area contributed by atoms with Gasteiger partial charge in [0.2, 0.25) is 0 Å². The molecule has 2 aromatic carbocycles. The highest BCUT2D eigenvalue weighted by molar-refractivity contribution is 5.79. The van der Waals surface area contributed by atoms with Crippen molar-refractivity contribution in [3.05, 3.63) is 83.4 Å². The number of fused-ring (bicyclic) bond motifs is 1. The Hall–Kier alpha value is -4.08. The number of alkyl halides is 3. The molecule has 204 valence electrons. The van der Waals surface area contributed by atoms with Gasteiger partial charge in [-0.2, -0.15) is 0 Å². The highest BCUT2D eigenvalue weighted by Gasteiger charge is 2.35. The SMILES string of the molecule is Cc1ccc(COc2ccc3nc([C@@H]4CCCC[C@H]4C(=O)O)n(Cc4ccc(OC(F)(F)F)cc4)c3c2)nc1. The number of hydrogen-bond acceptors (Lipinski definition) is 5. The van der Waals surface area contributed by atoms with Gasteiger partial charge in [-0.1, -0.05) is 31.0 Å². The molecule has 2 atom stereocenters. The molecule has 0 radical (unpaired) electrons. The largest absolute Gasteiger partial charge is 0.573 e. The van der Waals surface area contributed by atoms with Crippen LogP contribution in [0.4, 0.5) is 13.2 Å². The predicted octanol–water partition coefficient (Wildman–Crippen LogP) is 6.62. The average Bonchev–Trinajstić information content (AvgIpc) is 3.26. The quantitative estimate of drug-likeness (QED) is 0.271. The van der Waals surface area contributed by atoms with Crippen molar-refractivity contribution < 1.29 is 32.5 Å². The minimum absolute atomic E-state index is 0.275. The van der Waals surface area contributed by atoms with E-state index >= 15 is 0 Å². The third-order valence-corrected chi connectivity index (χ3v) is 7.02. The lowest BCUT2D eigenvalue weighted by atomic mass is 9.78. The van der Waals surface area contributed by atoms with E-state index in [0.717, 1.165) is 35.2 Å². The second-order valence-electron chi connectivity index (χ2n) is 9.85. The van der Waals surface area contributed by atoms with Gasteiger partial charge in [0.1, 0.15) is 23.9 Å². The van der Waals surface area contributed by atoms with Crippen LogP contribution in [0.5, 0.6) is 11.5 Å². The normalized spacial score (nSPS) is 17.7. The number of carboxylic acid groups (broad SMARTS) is 1. The first-order valence-corrected chi connectivity index (χ1v) is 12.8. The Morgan fingerprint density at radius 1 is 1.05 bits per heavy atom. The fraction of sp³-hybridized carbons (Fsp3) is 0.345. The minimum Gasteiger partial charge on any atom is -0.487 e. The molecule has 0 amide bonds. The number of aliphatic carboxylic acids is 1. The zero-order chi connectivity index (χ0) is 27.6. The Bertz CT molecular complexity index is 1450. The van der Waals surface area contributed by atoms with Gasteiger partial charge in [0, 0.05) is 24.7 Å². The third kappa shape index (κ3) is 6.32. The van der Waals surface area contributed by atoms with Crippen LogP contribution in [-0.4, -0.2) is 32.0 Å². The Balaban J connectivity index is 1.49. The van der Waals surface area contributed by atoms with Crippen molar-refractivity contribution >= 4 is 17.0 Å². The lowest BCUT2D eigenvalue weighted by Gasteiger charge is -2.28. The fourth-order valence-electron chi connectivity index (χ4n) is 5.12. The predicted molar refractivity (Wildman–Crippen MR) is 138 cm³/mol. The summed E-state index contributed by atoms with van der Waals surface area (Å²) >= 11 is 0. The van der Waals surface area contributed by atoms with Gasteiger partial charge in [0.25, 0.3) is 0 Å². The van der Waals surface area contributed by atoms with Crippen LogP contribution in [0.2, 0.25) is 0 Å². The first kappa shape index (κ1) is 26.5. The number of nitrogens with zero attached hydrogens (tertiary/aromatic N) is 3. The van der Waals surface area contributed by atoms with Crippen molar-refractivity contribution in [1.29, 1.82) is 0 Å². The van der Waals surface area contributed by atoms with Gasteiger partial charge in [-0.15, -0.1) is 13.2 Å². The van der Waals surface area contributed by atoms with Gasteiger partial charge in [-0.3, -0.25) is 9.78 Å². The van der Waals surface area contributed by atoms with Crippen molar-refractivity contribution in [2.75, 3.05) is 0 Å². The fourth-order valence-corrected chi connectivity index (χ4v) is 5.12. The second-order valence-corrected chi connectivity index (χ2v) is 9.85. The standard InChI is InChI=1S/C29H28F3N3O4/c1-18-6-9-20(33-15-18)17-38-22-12-13-25-26(14-22)35(16-19-7-10-21(11-8-19)39-29(30,31)32)27(34-25)23-4-2-3-5-24(23)28(36)37/h6-15,23-24H,2-5,16-17H2,1H3,(H,36,37)/t23-,24-/m1/s1. The lowest BCUT2D eigenvalue weighted by molar-refractivity contribution is -0.274. The van der Waals surface area contributed by atoms with Gasteiger partial charge >= 0.3 is 12.3 Å². The zero-order valence-corrected chi connectivity index (χ0v) is 21.3. The van der Waals surface area contributed by atoms with E-state index in [4.69, 9.17) is 9.72 Å². The molecule has 5 rings (SSSR count). The smallest absolute Gasteiger partial charge is 0.487 e. The van der Waals surface area contributed by atoms with Crippen molar-refractivity contribution in [1.82, 2.24) is 14.5 Å². The highest BCUT2D eigenvalue weighted by atomic mass is 19.4. The monoisotopic (exact) mass is 539 g/mol. The number of imidazole rings is 1. The van der Waals surface area contributed by atoms with E-state index in [1.807, 2.05) is 41.8 Å². The molecule has 1 fully saturated rings. The summed E-state index contributed by atoms with van der Waals surface area (Å²) in [6, 6.07) is 15.0. The number of hydrogen-bond donors (Lipinski definition) is 1. The second kappa shape index (κ2) is 11.0. The Morgan fingerprint density at radius 3 is 2.49 bits per heavy atom. The number of benzene rings is 2. The van der Waals surface area contributed by atoms with Gasteiger partial charge in [0.15, 0.2) is 0 Å². The number of ether oxygens (including phenoxy) is 2. The first-order valence-electron chi connectivity index (χ1n) is 12.8. The Kier molecular flexibility index (Phi) is 7.45. The molecular weight excluding hydrogens is 511 g/mol. The molecule has 39 heavy (non-hydrogen) atoms. The van der Waals surface area contributed by atoms with Crippen molar-refractivity contribution in [3.8, 4) is 11.5 Å². The van der Waals surface area contributed by atoms with Crippen LogP contribution in [0, 0.1) is 12.8 Å². The van der Waals surface area contributed by atoms with Crippen LogP contribution >= 0.6 is 0 Å². The summed E-state index contributed by atoms with van der Waals surface area (Å²) in [6.45, 7) is 2.53. The van der Waals surface area contributed by atoms with Crippen LogP contribution in [0.25, 0.3) is 11.0 Å². The number of carboxylic acids is 1. The molecule has 1 aliphatic rings. The van der Waals surface area contributed by atoms with E-state index in [1.165, 1.54) is 12.1 Å². The summed E-state index contributed by atoms with van der Waals surface area (Å²) in [6.07, 6.45) is 0.0218. The molecule has 0 aliphatic heterocycles. The topological polar surface area (TPSA) is 86.5 Å². The molecule has 1 saturated carbocycles. The Morgan fingerprint density at radius 2 is 1.79 bits per heavy atom. The summed E-state index contributed by atoms with van der Waals surface area (Å²) in [7, 11) is 0. The number of rotatable bonds is 8. The van der Waals surface area contributed by atoms with Crippen LogP contribution in [0.3, 0.4) is 0 Å². The molecule has 0 unspecified atom stereocenters. The number of aryl methyl sites for hydroxylation is 1. The first-order chi connectivity index (χ1) is 18.7. The summed E-state index contributed by atoms with van der Waals surface area (Å²) < 4.78 is 49.8. The maximum absolute atomic E-state index is 12.6. The molecule has 0 spiro atoms. The summed E-state index contributed by atoms with van der Waals surface area (Å²) in [5.41, 5.74) is 4.00. The molecule has 0 saturated heterocycles. The molecule has 1 N–H and O–H groups in total. The van der Waals surface area contributed by atoms with Gasteiger partial charge in [-0.25, -0.2) is 4.98 Å². The highest BCUT2D eigenvalue weighted by Crippen LogP contribution is 2.39. The van der Waals surface area contributed by atoms with Crippen LogP contribution in [0.15, 0.2) is 60.8 Å². The minimum atomic E-state index is -4.77. The number of aromatic nitrogens is 3. The van der Waals surface area contributed by atoms with Crippen molar-refractivity contribution in [3.63, 3.8) is 0 Å². The molecule has 7 nitrogen and oxygen atoms in total. The van der Waals surface area contributed by atoms with Gasteiger partial charge < -0.3 is 19.1 Å². The van der Waals surface area contributed by atoms with Crippen molar-refractivity contribution in [2.45, 2.75) is 58.0 Å². The summed E-state index contributed by atoms with van der Waals surface area (Å²) in [5.74, 6) is -0.727. The number of carbonyl (C=O) groups is 1.